The number of para-hydroxylation sites is 1. The van der Waals surface area contributed by atoms with E-state index in [-0.39, 0.29) is 0 Å². The lowest BCUT2D eigenvalue weighted by Crippen LogP contribution is -1.82. The molecule has 0 aromatic heterocycles. The second-order valence-electron chi connectivity index (χ2n) is 3.90. The van der Waals surface area contributed by atoms with Gasteiger partial charge in [-0.1, -0.05) is 37.3 Å². The Bertz CT molecular complexity index is 449. The first-order valence-corrected chi connectivity index (χ1v) is 5.72. The Hall–Kier alpha value is -1.96. The van der Waals surface area contributed by atoms with Crippen molar-refractivity contribution in [2.24, 2.45) is 0 Å². The second-order valence-corrected chi connectivity index (χ2v) is 3.90. The van der Waals surface area contributed by atoms with Crippen molar-refractivity contribution in [2.75, 3.05) is 5.73 Å². The first kappa shape index (κ1) is 13.1. The van der Waals surface area contributed by atoms with Crippen molar-refractivity contribution in [3.8, 4) is 5.75 Å². The van der Waals surface area contributed by atoms with Gasteiger partial charge in [0.15, 0.2) is 0 Å². The number of hydrogen-bond acceptors (Lipinski definition) is 2. The molecular weight excluding hydrogens is 210 g/mol. The van der Waals surface area contributed by atoms with Crippen LogP contribution in [0.2, 0.25) is 0 Å². The average molecular weight is 229 g/mol. The van der Waals surface area contributed by atoms with Gasteiger partial charge in [0, 0.05) is 5.69 Å². The number of nitrogen functional groups attached to an aromatic ring is 1. The predicted molar refractivity (Wildman–Crippen MR) is 73.1 cm³/mol. The monoisotopic (exact) mass is 229 g/mol. The van der Waals surface area contributed by atoms with Gasteiger partial charge in [-0.05, 0) is 42.7 Å². The lowest BCUT2D eigenvalue weighted by Gasteiger charge is -1.97. The maximum atomic E-state index is 9.11. The number of anilines is 1. The molecule has 17 heavy (non-hydrogen) atoms. The summed E-state index contributed by atoms with van der Waals surface area (Å²) in [6, 6.07) is 15.2. The summed E-state index contributed by atoms with van der Waals surface area (Å²) >= 11 is 0. The van der Waals surface area contributed by atoms with Crippen molar-refractivity contribution in [1.29, 1.82) is 0 Å². The van der Waals surface area contributed by atoms with Gasteiger partial charge in [-0.25, -0.2) is 0 Å². The molecule has 0 saturated heterocycles. The van der Waals surface area contributed by atoms with E-state index in [4.69, 9.17) is 10.8 Å². The van der Waals surface area contributed by atoms with Crippen molar-refractivity contribution in [3.63, 3.8) is 0 Å². The molecule has 0 amide bonds. The van der Waals surface area contributed by atoms with E-state index >= 15 is 0 Å². The van der Waals surface area contributed by atoms with E-state index in [1.54, 1.807) is 6.07 Å². The number of phenolic OH excluding ortho intramolecular Hbond substituents is 1. The molecule has 0 unspecified atom stereocenters. The number of rotatable bonds is 1. The molecule has 0 fully saturated rings. The highest BCUT2D eigenvalue weighted by atomic mass is 16.3. The highest BCUT2D eigenvalue weighted by Crippen LogP contribution is 2.14. The molecule has 0 aliphatic heterocycles. The van der Waals surface area contributed by atoms with Gasteiger partial charge in [-0.2, -0.15) is 0 Å². The highest BCUT2D eigenvalue weighted by Gasteiger charge is 1.92. The summed E-state index contributed by atoms with van der Waals surface area (Å²) in [7, 11) is 0. The maximum absolute atomic E-state index is 9.11. The number of aryl methyl sites for hydroxylation is 2. The molecule has 0 radical (unpaired) electrons. The maximum Gasteiger partial charge on any atom is 0.118 e. The van der Waals surface area contributed by atoms with E-state index in [0.29, 0.717) is 5.75 Å². The molecule has 0 bridgehead atoms. The van der Waals surface area contributed by atoms with Crippen LogP contribution in [0, 0.1) is 6.92 Å². The van der Waals surface area contributed by atoms with Gasteiger partial charge < -0.3 is 10.8 Å². The molecule has 2 aromatic rings. The van der Waals surface area contributed by atoms with E-state index in [0.717, 1.165) is 17.7 Å². The summed E-state index contributed by atoms with van der Waals surface area (Å²) in [5.41, 5.74) is 8.52. The lowest BCUT2D eigenvalue weighted by molar-refractivity contribution is 0.469. The Balaban J connectivity index is 0.000000171. The van der Waals surface area contributed by atoms with Gasteiger partial charge in [-0.15, -0.1) is 0 Å². The van der Waals surface area contributed by atoms with Crippen molar-refractivity contribution >= 4 is 5.69 Å². The third kappa shape index (κ3) is 4.60. The molecular formula is C15H19NO. The fourth-order valence-electron chi connectivity index (χ4n) is 1.48. The molecule has 2 nitrogen and oxygen atoms in total. The van der Waals surface area contributed by atoms with Crippen molar-refractivity contribution in [3.05, 3.63) is 59.7 Å². The number of hydrogen-bond donors (Lipinski definition) is 2. The number of nitrogens with two attached hydrogens (primary N) is 1. The van der Waals surface area contributed by atoms with Crippen LogP contribution in [0.1, 0.15) is 18.1 Å². The summed E-state index contributed by atoms with van der Waals surface area (Å²) in [6.07, 6.45) is 0.896. The lowest BCUT2D eigenvalue weighted by atomic mass is 10.1. The molecule has 0 atom stereocenters. The van der Waals surface area contributed by atoms with Crippen LogP contribution in [-0.2, 0) is 6.42 Å². The summed E-state index contributed by atoms with van der Waals surface area (Å²) in [5, 5.41) is 9.11. The van der Waals surface area contributed by atoms with Gasteiger partial charge in [-0.3, -0.25) is 0 Å². The largest absolute Gasteiger partial charge is 0.508 e. The zero-order valence-corrected chi connectivity index (χ0v) is 10.4. The van der Waals surface area contributed by atoms with Crippen molar-refractivity contribution in [1.82, 2.24) is 0 Å². The summed E-state index contributed by atoms with van der Waals surface area (Å²) < 4.78 is 0. The van der Waals surface area contributed by atoms with Crippen LogP contribution in [-0.4, -0.2) is 5.11 Å². The van der Waals surface area contributed by atoms with E-state index in [2.05, 4.69) is 0 Å². The third-order valence-electron chi connectivity index (χ3n) is 2.41. The number of aromatic hydroxyl groups is 1. The Kier molecular flexibility index (Phi) is 5.08. The number of phenols is 1. The Morgan fingerprint density at radius 2 is 1.76 bits per heavy atom. The minimum absolute atomic E-state index is 0.403. The molecule has 0 saturated carbocycles. The molecule has 0 aliphatic rings. The first-order chi connectivity index (χ1) is 8.13. The van der Waals surface area contributed by atoms with E-state index in [9.17, 15) is 0 Å². The zero-order valence-electron chi connectivity index (χ0n) is 10.4. The van der Waals surface area contributed by atoms with Crippen LogP contribution in [0.15, 0.2) is 48.5 Å². The van der Waals surface area contributed by atoms with Crippen LogP contribution >= 0.6 is 0 Å². The van der Waals surface area contributed by atoms with E-state index in [1.165, 1.54) is 5.56 Å². The predicted octanol–water partition coefficient (Wildman–Crippen LogP) is 3.53. The van der Waals surface area contributed by atoms with Crippen molar-refractivity contribution < 1.29 is 5.11 Å². The topological polar surface area (TPSA) is 46.2 Å². The molecule has 2 aromatic carbocycles. The standard InChI is InChI=1S/C8H10O.C7H9N/c1-2-7-5-3-4-6-8(7)9;1-6-3-2-4-7(8)5-6/h3-6,9H,2H2,1H3;2-5H,8H2,1H3. The second kappa shape index (κ2) is 6.59. The molecule has 2 rings (SSSR count). The summed E-state index contributed by atoms with van der Waals surface area (Å²) in [4.78, 5) is 0. The van der Waals surface area contributed by atoms with Gasteiger partial charge in [0.1, 0.15) is 5.75 Å². The van der Waals surface area contributed by atoms with Gasteiger partial charge in [0.25, 0.3) is 0 Å². The minimum atomic E-state index is 0.403. The van der Waals surface area contributed by atoms with Crippen LogP contribution in [0.5, 0.6) is 5.75 Å². The normalized spacial score (nSPS) is 9.29. The molecule has 90 valence electrons. The van der Waals surface area contributed by atoms with Gasteiger partial charge in [0.05, 0.1) is 0 Å². The summed E-state index contributed by atoms with van der Waals surface area (Å²) in [6.45, 7) is 4.05. The van der Waals surface area contributed by atoms with Gasteiger partial charge in [0.2, 0.25) is 0 Å². The first-order valence-electron chi connectivity index (χ1n) is 5.72. The Labute approximate surface area is 103 Å². The van der Waals surface area contributed by atoms with Crippen LogP contribution in [0.25, 0.3) is 0 Å². The van der Waals surface area contributed by atoms with E-state index in [1.807, 2.05) is 56.3 Å². The van der Waals surface area contributed by atoms with E-state index < -0.39 is 0 Å². The van der Waals surface area contributed by atoms with Crippen LogP contribution in [0.3, 0.4) is 0 Å². The van der Waals surface area contributed by atoms with Crippen molar-refractivity contribution in [2.45, 2.75) is 20.3 Å². The zero-order chi connectivity index (χ0) is 12.7. The minimum Gasteiger partial charge on any atom is -0.508 e. The SMILES string of the molecule is CCc1ccccc1O.Cc1cccc(N)c1. The third-order valence-corrected chi connectivity index (χ3v) is 2.41. The Morgan fingerprint density at radius 3 is 2.18 bits per heavy atom. The smallest absolute Gasteiger partial charge is 0.118 e. The van der Waals surface area contributed by atoms with Gasteiger partial charge >= 0.3 is 0 Å². The fourth-order valence-corrected chi connectivity index (χ4v) is 1.48. The molecule has 2 heteroatoms. The highest BCUT2D eigenvalue weighted by molar-refractivity contribution is 5.39. The summed E-state index contributed by atoms with van der Waals surface area (Å²) in [5.74, 6) is 0.403. The molecule has 0 aliphatic carbocycles. The average Bonchev–Trinajstić information content (AvgIpc) is 2.30. The van der Waals surface area contributed by atoms with Crippen LogP contribution in [0.4, 0.5) is 5.69 Å². The number of benzene rings is 2. The Morgan fingerprint density at radius 1 is 1.06 bits per heavy atom. The fraction of sp³-hybridized carbons (Fsp3) is 0.200. The molecule has 3 N–H and O–H groups in total. The molecule has 0 spiro atoms. The quantitative estimate of drug-likeness (QED) is 0.735. The molecule has 0 heterocycles. The van der Waals surface area contributed by atoms with Crippen LogP contribution < -0.4 is 5.73 Å².